The average Bonchev–Trinajstić information content (AvgIpc) is 3.42. The molecule has 0 aliphatic carbocycles. The zero-order chi connectivity index (χ0) is 22.5. The number of benzene rings is 1. The Morgan fingerprint density at radius 2 is 2.00 bits per heavy atom. The summed E-state index contributed by atoms with van der Waals surface area (Å²) in [6, 6.07) is 9.68. The van der Waals surface area contributed by atoms with Gasteiger partial charge in [0.15, 0.2) is 0 Å². The van der Waals surface area contributed by atoms with Crippen LogP contribution in [0.4, 0.5) is 0 Å². The molecule has 3 aromatic rings. The second-order valence-corrected chi connectivity index (χ2v) is 7.39. The lowest BCUT2D eigenvalue weighted by atomic mass is 9.96. The van der Waals surface area contributed by atoms with Gasteiger partial charge in [0, 0.05) is 43.4 Å². The number of amides is 1. The van der Waals surface area contributed by atoms with Crippen molar-refractivity contribution in [2.75, 3.05) is 13.2 Å². The molecule has 4 rings (SSSR count). The Labute approximate surface area is 185 Å². The second kappa shape index (κ2) is 9.47. The number of imidazole rings is 1. The maximum atomic E-state index is 13.0. The van der Waals surface area contributed by atoms with Crippen LogP contribution in [0, 0.1) is 0 Å². The first kappa shape index (κ1) is 21.3. The monoisotopic (exact) mass is 432 g/mol. The normalized spacial score (nSPS) is 17.7. The van der Waals surface area contributed by atoms with E-state index in [4.69, 9.17) is 4.74 Å². The number of ketones is 1. The third-order valence-corrected chi connectivity index (χ3v) is 5.33. The highest BCUT2D eigenvalue weighted by Gasteiger charge is 2.45. The van der Waals surface area contributed by atoms with Crippen LogP contribution in [-0.2, 0) is 16.1 Å². The SMILES string of the molecule is CCOc1cccc(C(O)=C2C(=O)C(=O)N(CCCn3ccnc3)[C@H]2c2cccnc2)c1. The fourth-order valence-electron chi connectivity index (χ4n) is 3.89. The molecule has 0 saturated carbocycles. The first-order chi connectivity index (χ1) is 15.6. The van der Waals surface area contributed by atoms with Crippen LogP contribution in [0.5, 0.6) is 5.75 Å². The van der Waals surface area contributed by atoms with Crippen LogP contribution in [0.3, 0.4) is 0 Å². The maximum absolute atomic E-state index is 13.0. The highest BCUT2D eigenvalue weighted by Crippen LogP contribution is 2.39. The smallest absolute Gasteiger partial charge is 0.295 e. The van der Waals surface area contributed by atoms with Crippen molar-refractivity contribution in [1.82, 2.24) is 19.4 Å². The second-order valence-electron chi connectivity index (χ2n) is 7.39. The fraction of sp³-hybridized carbons (Fsp3) is 0.250. The van der Waals surface area contributed by atoms with Gasteiger partial charge in [-0.15, -0.1) is 0 Å². The van der Waals surface area contributed by atoms with Gasteiger partial charge in [0.25, 0.3) is 11.7 Å². The summed E-state index contributed by atoms with van der Waals surface area (Å²) < 4.78 is 7.43. The number of carbonyl (C=O) groups excluding carboxylic acids is 2. The lowest BCUT2D eigenvalue weighted by Gasteiger charge is -2.25. The van der Waals surface area contributed by atoms with Crippen LogP contribution in [-0.4, -0.2) is 49.4 Å². The summed E-state index contributed by atoms with van der Waals surface area (Å²) in [5.74, 6) is -0.993. The highest BCUT2D eigenvalue weighted by atomic mass is 16.5. The van der Waals surface area contributed by atoms with Crippen molar-refractivity contribution in [2.45, 2.75) is 25.9 Å². The molecular formula is C24H24N4O4. The first-order valence-electron chi connectivity index (χ1n) is 10.5. The molecule has 2 aromatic heterocycles. The number of hydrogen-bond acceptors (Lipinski definition) is 6. The van der Waals surface area contributed by atoms with Crippen LogP contribution in [0.2, 0.25) is 0 Å². The fourth-order valence-corrected chi connectivity index (χ4v) is 3.89. The largest absolute Gasteiger partial charge is 0.507 e. The van der Waals surface area contributed by atoms with E-state index in [9.17, 15) is 14.7 Å². The lowest BCUT2D eigenvalue weighted by molar-refractivity contribution is -0.139. The minimum absolute atomic E-state index is 0.0549. The highest BCUT2D eigenvalue weighted by molar-refractivity contribution is 6.46. The topological polar surface area (TPSA) is 97.6 Å². The number of pyridine rings is 1. The van der Waals surface area contributed by atoms with Crippen molar-refractivity contribution in [3.05, 3.63) is 84.2 Å². The van der Waals surface area contributed by atoms with Gasteiger partial charge in [-0.1, -0.05) is 18.2 Å². The Morgan fingerprint density at radius 1 is 1.12 bits per heavy atom. The molecule has 8 heteroatoms. The van der Waals surface area contributed by atoms with Crippen LogP contribution in [0.1, 0.15) is 30.5 Å². The lowest BCUT2D eigenvalue weighted by Crippen LogP contribution is -2.31. The molecule has 1 N–H and O–H groups in total. The Morgan fingerprint density at radius 3 is 2.72 bits per heavy atom. The van der Waals surface area contributed by atoms with Crippen molar-refractivity contribution in [2.24, 2.45) is 0 Å². The molecule has 8 nitrogen and oxygen atoms in total. The number of aryl methyl sites for hydroxylation is 1. The van der Waals surface area contributed by atoms with Gasteiger partial charge in [-0.05, 0) is 37.1 Å². The number of aromatic nitrogens is 3. The maximum Gasteiger partial charge on any atom is 0.295 e. The van der Waals surface area contributed by atoms with Gasteiger partial charge in [0.1, 0.15) is 11.5 Å². The summed E-state index contributed by atoms with van der Waals surface area (Å²) in [6.07, 6.45) is 9.11. The Balaban J connectivity index is 1.71. The number of aliphatic hydroxyl groups excluding tert-OH is 1. The van der Waals surface area contributed by atoms with Gasteiger partial charge in [-0.2, -0.15) is 0 Å². The van der Waals surface area contributed by atoms with E-state index in [1.54, 1.807) is 61.3 Å². The van der Waals surface area contributed by atoms with Crippen molar-refractivity contribution in [3.8, 4) is 5.75 Å². The van der Waals surface area contributed by atoms with E-state index < -0.39 is 17.7 Å². The van der Waals surface area contributed by atoms with E-state index in [0.29, 0.717) is 43.0 Å². The minimum atomic E-state index is -0.720. The predicted octanol–water partition coefficient (Wildman–Crippen LogP) is 3.19. The number of nitrogens with zero attached hydrogens (tertiary/aromatic N) is 4. The first-order valence-corrected chi connectivity index (χ1v) is 10.5. The van der Waals surface area contributed by atoms with Gasteiger partial charge >= 0.3 is 0 Å². The summed E-state index contributed by atoms with van der Waals surface area (Å²) >= 11 is 0. The molecule has 1 saturated heterocycles. The number of hydrogen-bond donors (Lipinski definition) is 1. The molecule has 1 atom stereocenters. The molecule has 32 heavy (non-hydrogen) atoms. The summed E-state index contributed by atoms with van der Waals surface area (Å²) in [5.41, 5.74) is 1.14. The van der Waals surface area contributed by atoms with Crippen molar-refractivity contribution >= 4 is 17.4 Å². The molecule has 1 fully saturated rings. The number of rotatable bonds is 8. The molecule has 0 unspecified atom stereocenters. The summed E-state index contributed by atoms with van der Waals surface area (Å²) in [5, 5.41) is 11.1. The Bertz CT molecular complexity index is 1130. The van der Waals surface area contributed by atoms with E-state index in [-0.39, 0.29) is 11.3 Å². The van der Waals surface area contributed by atoms with E-state index in [2.05, 4.69) is 9.97 Å². The van der Waals surface area contributed by atoms with Crippen molar-refractivity contribution in [3.63, 3.8) is 0 Å². The molecule has 1 amide bonds. The van der Waals surface area contributed by atoms with E-state index in [0.717, 1.165) is 0 Å². The number of Topliss-reactive ketones (excluding diaryl/α,β-unsaturated/α-hetero) is 1. The third-order valence-electron chi connectivity index (χ3n) is 5.33. The molecule has 1 aliphatic heterocycles. The van der Waals surface area contributed by atoms with Crippen LogP contribution < -0.4 is 4.74 Å². The van der Waals surface area contributed by atoms with Crippen LogP contribution in [0.15, 0.2) is 73.1 Å². The van der Waals surface area contributed by atoms with Gasteiger partial charge in [0.2, 0.25) is 0 Å². The van der Waals surface area contributed by atoms with Crippen LogP contribution in [0.25, 0.3) is 5.76 Å². The predicted molar refractivity (Wildman–Crippen MR) is 118 cm³/mol. The van der Waals surface area contributed by atoms with Gasteiger partial charge in [-0.3, -0.25) is 14.6 Å². The molecule has 1 aromatic carbocycles. The summed E-state index contributed by atoms with van der Waals surface area (Å²) in [7, 11) is 0. The third kappa shape index (κ3) is 4.25. The molecule has 0 radical (unpaired) electrons. The van der Waals surface area contributed by atoms with E-state index >= 15 is 0 Å². The summed E-state index contributed by atoms with van der Waals surface area (Å²) in [4.78, 5) is 35.7. The molecule has 3 heterocycles. The number of ether oxygens (including phenoxy) is 1. The number of likely N-dealkylation sites (tertiary alicyclic amines) is 1. The Hall–Kier alpha value is -3.94. The van der Waals surface area contributed by atoms with Crippen molar-refractivity contribution in [1.29, 1.82) is 0 Å². The van der Waals surface area contributed by atoms with Crippen molar-refractivity contribution < 1.29 is 19.4 Å². The molecular weight excluding hydrogens is 408 g/mol. The Kier molecular flexibility index (Phi) is 6.30. The summed E-state index contributed by atoms with van der Waals surface area (Å²) in [6.45, 7) is 3.34. The van der Waals surface area contributed by atoms with E-state index in [1.165, 1.54) is 4.90 Å². The molecule has 0 bridgehead atoms. The average molecular weight is 432 g/mol. The molecule has 164 valence electrons. The van der Waals surface area contributed by atoms with Gasteiger partial charge < -0.3 is 19.3 Å². The number of aliphatic hydroxyl groups is 1. The molecule has 1 aliphatic rings. The zero-order valence-corrected chi connectivity index (χ0v) is 17.7. The van der Waals surface area contributed by atoms with Gasteiger partial charge in [0.05, 0.1) is 24.5 Å². The molecule has 0 spiro atoms. The zero-order valence-electron chi connectivity index (χ0n) is 17.7. The number of carbonyl (C=O) groups is 2. The minimum Gasteiger partial charge on any atom is -0.507 e. The van der Waals surface area contributed by atoms with Crippen LogP contribution >= 0.6 is 0 Å². The quantitative estimate of drug-likeness (QED) is 0.334. The standard InChI is InChI=1S/C24H24N4O4/c1-2-32-19-8-3-6-17(14-19)22(29)20-21(18-7-4-9-25-15-18)28(24(31)23(20)30)12-5-11-27-13-10-26-16-27/h3-4,6-10,13-16,21,29H,2,5,11-12H2,1H3/t21-/m0/s1. The van der Waals surface area contributed by atoms with Gasteiger partial charge in [-0.25, -0.2) is 4.98 Å². The van der Waals surface area contributed by atoms with E-state index in [1.807, 2.05) is 17.7 Å².